The van der Waals surface area contributed by atoms with Gasteiger partial charge in [-0.1, -0.05) is 80.6 Å². The average molecular weight is 318 g/mol. The van der Waals surface area contributed by atoms with E-state index in [1.54, 1.807) is 0 Å². The third-order valence-corrected chi connectivity index (χ3v) is 5.26. The molecule has 0 unspecified atom stereocenters. The third kappa shape index (κ3) is 2.53. The van der Waals surface area contributed by atoms with E-state index in [-0.39, 0.29) is 11.5 Å². The van der Waals surface area contributed by atoms with E-state index in [9.17, 15) is 0 Å². The van der Waals surface area contributed by atoms with E-state index in [0.29, 0.717) is 0 Å². The Labute approximate surface area is 145 Å². The van der Waals surface area contributed by atoms with Gasteiger partial charge in [-0.25, -0.2) is 0 Å². The molecule has 2 aromatic rings. The second-order valence-electron chi connectivity index (χ2n) is 7.08. The van der Waals surface area contributed by atoms with Gasteiger partial charge >= 0.3 is 0 Å². The van der Waals surface area contributed by atoms with Gasteiger partial charge in [0.1, 0.15) is 5.60 Å². The molecule has 0 N–H and O–H groups in total. The zero-order valence-corrected chi connectivity index (χ0v) is 14.7. The number of rotatable bonds is 5. The van der Waals surface area contributed by atoms with Crippen LogP contribution in [0.3, 0.4) is 0 Å². The molecule has 1 aliphatic rings. The summed E-state index contributed by atoms with van der Waals surface area (Å²) in [7, 11) is 0. The Hall–Kier alpha value is -2.12. The molecule has 0 saturated carbocycles. The first-order valence-corrected chi connectivity index (χ1v) is 8.61. The second kappa shape index (κ2) is 6.41. The molecule has 0 bridgehead atoms. The molecular formula is C23H26O. The summed E-state index contributed by atoms with van der Waals surface area (Å²) in [6.45, 7) is 12.5. The van der Waals surface area contributed by atoms with Gasteiger partial charge < -0.3 is 4.74 Å². The molecule has 0 aliphatic carbocycles. The second-order valence-corrected chi connectivity index (χ2v) is 7.08. The van der Waals surface area contributed by atoms with Gasteiger partial charge in [0.05, 0.1) is 6.10 Å². The van der Waals surface area contributed by atoms with Crippen molar-refractivity contribution in [2.24, 2.45) is 0 Å². The van der Waals surface area contributed by atoms with Gasteiger partial charge in [-0.2, -0.15) is 0 Å². The molecule has 3 rings (SSSR count). The SMILES string of the molecule is C=CC[C@H]1O[C@@](CC=C)(c2ccccc2)c2ccccc2C1(C)C. The number of hydrogen-bond donors (Lipinski definition) is 0. The van der Waals surface area contributed by atoms with Crippen molar-refractivity contribution in [3.05, 3.63) is 96.6 Å². The minimum absolute atomic E-state index is 0.0652. The van der Waals surface area contributed by atoms with Crippen LogP contribution in [0.5, 0.6) is 0 Å². The Morgan fingerprint density at radius 1 is 0.917 bits per heavy atom. The van der Waals surface area contributed by atoms with E-state index in [1.165, 1.54) is 16.7 Å². The summed E-state index contributed by atoms with van der Waals surface area (Å²) >= 11 is 0. The van der Waals surface area contributed by atoms with Crippen LogP contribution in [0.1, 0.15) is 43.4 Å². The maximum absolute atomic E-state index is 6.84. The lowest BCUT2D eigenvalue weighted by Gasteiger charge is -2.50. The van der Waals surface area contributed by atoms with Gasteiger partial charge in [0, 0.05) is 11.8 Å². The highest BCUT2D eigenvalue weighted by Gasteiger charge is 2.49. The molecule has 1 heterocycles. The van der Waals surface area contributed by atoms with Crippen LogP contribution in [0.25, 0.3) is 0 Å². The summed E-state index contributed by atoms with van der Waals surface area (Å²) in [5.74, 6) is 0. The van der Waals surface area contributed by atoms with Gasteiger partial charge in [0.25, 0.3) is 0 Å². The van der Waals surface area contributed by atoms with Crippen molar-refractivity contribution in [1.29, 1.82) is 0 Å². The highest BCUT2D eigenvalue weighted by Crippen LogP contribution is 2.50. The molecular weight excluding hydrogens is 292 g/mol. The maximum Gasteiger partial charge on any atom is 0.122 e. The molecule has 124 valence electrons. The van der Waals surface area contributed by atoms with Gasteiger partial charge in [-0.05, 0) is 23.1 Å². The van der Waals surface area contributed by atoms with Crippen molar-refractivity contribution in [1.82, 2.24) is 0 Å². The largest absolute Gasteiger partial charge is 0.361 e. The summed E-state index contributed by atoms with van der Waals surface area (Å²) in [5.41, 5.74) is 3.24. The molecule has 0 radical (unpaired) electrons. The van der Waals surface area contributed by atoms with Crippen LogP contribution in [0.4, 0.5) is 0 Å². The van der Waals surface area contributed by atoms with Gasteiger partial charge in [-0.15, -0.1) is 13.2 Å². The van der Waals surface area contributed by atoms with Gasteiger partial charge in [0.2, 0.25) is 0 Å². The van der Waals surface area contributed by atoms with Crippen LogP contribution < -0.4 is 0 Å². The fourth-order valence-electron chi connectivity index (χ4n) is 3.93. The fraction of sp³-hybridized carbons (Fsp3) is 0.304. The lowest BCUT2D eigenvalue weighted by molar-refractivity contribution is -0.113. The van der Waals surface area contributed by atoms with Crippen LogP contribution in [-0.4, -0.2) is 6.10 Å². The third-order valence-electron chi connectivity index (χ3n) is 5.26. The normalized spacial score (nSPS) is 24.8. The predicted octanol–water partition coefficient (Wildman–Crippen LogP) is 5.76. The first-order valence-electron chi connectivity index (χ1n) is 8.61. The topological polar surface area (TPSA) is 9.23 Å². The molecule has 1 aliphatic heterocycles. The molecule has 0 aromatic heterocycles. The first-order chi connectivity index (χ1) is 11.6. The average Bonchev–Trinajstić information content (AvgIpc) is 2.60. The smallest absolute Gasteiger partial charge is 0.122 e. The number of benzene rings is 2. The van der Waals surface area contributed by atoms with Gasteiger partial charge in [-0.3, -0.25) is 0 Å². The van der Waals surface area contributed by atoms with Crippen molar-refractivity contribution in [2.75, 3.05) is 0 Å². The van der Waals surface area contributed by atoms with E-state index in [4.69, 9.17) is 4.74 Å². The Morgan fingerprint density at radius 3 is 2.17 bits per heavy atom. The molecule has 1 heteroatoms. The summed E-state index contributed by atoms with van der Waals surface area (Å²) in [6, 6.07) is 19.2. The molecule has 2 atom stereocenters. The van der Waals surface area contributed by atoms with Crippen LogP contribution in [0.15, 0.2) is 79.9 Å². The Kier molecular flexibility index (Phi) is 4.47. The predicted molar refractivity (Wildman–Crippen MR) is 101 cm³/mol. The summed E-state index contributed by atoms with van der Waals surface area (Å²) in [4.78, 5) is 0. The number of ether oxygens (including phenoxy) is 1. The van der Waals surface area contributed by atoms with Crippen LogP contribution in [-0.2, 0) is 15.8 Å². The lowest BCUT2D eigenvalue weighted by Crippen LogP contribution is -2.50. The Bertz CT molecular complexity index is 729. The molecule has 24 heavy (non-hydrogen) atoms. The maximum atomic E-state index is 6.84. The first kappa shape index (κ1) is 16.7. The quantitative estimate of drug-likeness (QED) is 0.637. The number of hydrogen-bond acceptors (Lipinski definition) is 1. The minimum atomic E-state index is -0.483. The van der Waals surface area contributed by atoms with Crippen molar-refractivity contribution < 1.29 is 4.74 Å². The van der Waals surface area contributed by atoms with E-state index in [0.717, 1.165) is 12.8 Å². The standard InChI is InChI=1S/C23H26O/c1-5-12-21-22(3,4)19-15-10-11-16-20(19)23(24-21,17-6-2)18-13-8-7-9-14-18/h5-11,13-16,21H,1-2,12,17H2,3-4H3/t21-,23+/m1/s1. The van der Waals surface area contributed by atoms with Crippen molar-refractivity contribution >= 4 is 0 Å². The van der Waals surface area contributed by atoms with E-state index >= 15 is 0 Å². The fourth-order valence-corrected chi connectivity index (χ4v) is 3.93. The molecule has 1 nitrogen and oxygen atoms in total. The van der Waals surface area contributed by atoms with Crippen molar-refractivity contribution in [2.45, 2.75) is 43.8 Å². The number of fused-ring (bicyclic) bond motifs is 1. The van der Waals surface area contributed by atoms with Gasteiger partial charge in [0.15, 0.2) is 0 Å². The zero-order valence-electron chi connectivity index (χ0n) is 14.7. The Balaban J connectivity index is 2.28. The van der Waals surface area contributed by atoms with Crippen molar-refractivity contribution in [3.63, 3.8) is 0 Å². The van der Waals surface area contributed by atoms with Crippen LogP contribution in [0, 0.1) is 0 Å². The van der Waals surface area contributed by atoms with E-state index in [2.05, 4.69) is 75.5 Å². The zero-order chi connectivity index (χ0) is 17.2. The molecule has 0 fully saturated rings. The van der Waals surface area contributed by atoms with Crippen LogP contribution >= 0.6 is 0 Å². The Morgan fingerprint density at radius 2 is 1.54 bits per heavy atom. The summed E-state index contributed by atoms with van der Waals surface area (Å²) < 4.78 is 6.84. The highest BCUT2D eigenvalue weighted by atomic mass is 16.5. The molecule has 0 saturated heterocycles. The lowest BCUT2D eigenvalue weighted by atomic mass is 9.67. The van der Waals surface area contributed by atoms with E-state index in [1.807, 2.05) is 18.2 Å². The van der Waals surface area contributed by atoms with E-state index < -0.39 is 5.60 Å². The minimum Gasteiger partial charge on any atom is -0.361 e. The summed E-state index contributed by atoms with van der Waals surface area (Å²) in [5, 5.41) is 0. The van der Waals surface area contributed by atoms with Crippen LogP contribution in [0.2, 0.25) is 0 Å². The molecule has 0 spiro atoms. The highest BCUT2D eigenvalue weighted by molar-refractivity contribution is 5.47. The molecule has 2 aromatic carbocycles. The molecule has 0 amide bonds. The van der Waals surface area contributed by atoms with Crippen molar-refractivity contribution in [3.8, 4) is 0 Å². The monoisotopic (exact) mass is 318 g/mol. The summed E-state index contributed by atoms with van der Waals surface area (Å²) in [6.07, 6.45) is 5.58.